The average molecular weight is 272 g/mol. The SMILES string of the molecule is CC(=O)c1ncc(B2OC(C)(C)C(C)(C)O2)cc1C#N. The van der Waals surface area contributed by atoms with E-state index in [1.807, 2.05) is 33.8 Å². The molecule has 5 nitrogen and oxygen atoms in total. The maximum absolute atomic E-state index is 11.4. The van der Waals surface area contributed by atoms with E-state index in [1.165, 1.54) is 13.1 Å². The van der Waals surface area contributed by atoms with Crippen LogP contribution in [0, 0.1) is 11.3 Å². The predicted octanol–water partition coefficient (Wildman–Crippen LogP) is 1.46. The van der Waals surface area contributed by atoms with Gasteiger partial charge < -0.3 is 9.31 Å². The van der Waals surface area contributed by atoms with Gasteiger partial charge in [0.05, 0.1) is 16.8 Å². The van der Waals surface area contributed by atoms with Crippen molar-refractivity contribution in [2.24, 2.45) is 0 Å². The molecule has 6 heteroatoms. The number of pyridine rings is 1. The van der Waals surface area contributed by atoms with Crippen molar-refractivity contribution < 1.29 is 14.1 Å². The van der Waals surface area contributed by atoms with Gasteiger partial charge in [-0.25, -0.2) is 0 Å². The van der Waals surface area contributed by atoms with Crippen molar-refractivity contribution in [3.63, 3.8) is 0 Å². The zero-order valence-electron chi connectivity index (χ0n) is 12.4. The van der Waals surface area contributed by atoms with Crippen LogP contribution in [0.3, 0.4) is 0 Å². The summed E-state index contributed by atoms with van der Waals surface area (Å²) < 4.78 is 11.8. The van der Waals surface area contributed by atoms with Crippen LogP contribution in [0.5, 0.6) is 0 Å². The molecule has 1 aliphatic heterocycles. The lowest BCUT2D eigenvalue weighted by molar-refractivity contribution is 0.00578. The molecule has 1 aromatic rings. The Labute approximate surface area is 119 Å². The summed E-state index contributed by atoms with van der Waals surface area (Å²) in [6, 6.07) is 3.59. The molecule has 0 aromatic carbocycles. The van der Waals surface area contributed by atoms with E-state index in [0.717, 1.165) is 0 Å². The first-order chi connectivity index (χ1) is 9.18. The Balaban J connectivity index is 2.37. The number of carbonyl (C=O) groups is 1. The number of nitriles is 1. The Morgan fingerprint density at radius 3 is 2.30 bits per heavy atom. The minimum absolute atomic E-state index is 0.174. The number of rotatable bonds is 2. The monoisotopic (exact) mass is 272 g/mol. The number of ketones is 1. The van der Waals surface area contributed by atoms with E-state index in [1.54, 1.807) is 6.07 Å². The van der Waals surface area contributed by atoms with Crippen molar-refractivity contribution in [1.82, 2.24) is 4.98 Å². The standard InChI is InChI=1S/C14H17BN2O3/c1-9(18)12-10(7-16)6-11(8-17-12)15-19-13(2,3)14(4,5)20-15/h6,8H,1-5H3. The van der Waals surface area contributed by atoms with E-state index in [2.05, 4.69) is 4.98 Å². The number of hydrogen-bond donors (Lipinski definition) is 0. The van der Waals surface area contributed by atoms with Crippen LogP contribution in [0.15, 0.2) is 12.3 Å². The maximum Gasteiger partial charge on any atom is 0.496 e. The molecule has 104 valence electrons. The summed E-state index contributed by atoms with van der Waals surface area (Å²) in [6.07, 6.45) is 1.53. The molecule has 0 bridgehead atoms. The minimum Gasteiger partial charge on any atom is -0.399 e. The molecule has 0 unspecified atom stereocenters. The number of nitrogens with zero attached hydrogens (tertiary/aromatic N) is 2. The van der Waals surface area contributed by atoms with Crippen LogP contribution in [-0.4, -0.2) is 29.1 Å². The highest BCUT2D eigenvalue weighted by Crippen LogP contribution is 2.36. The van der Waals surface area contributed by atoms with Crippen LogP contribution in [0.1, 0.15) is 50.7 Å². The lowest BCUT2D eigenvalue weighted by Gasteiger charge is -2.32. The molecule has 0 atom stereocenters. The lowest BCUT2D eigenvalue weighted by Crippen LogP contribution is -2.41. The van der Waals surface area contributed by atoms with Gasteiger partial charge in [-0.05, 0) is 33.8 Å². The Morgan fingerprint density at radius 2 is 1.85 bits per heavy atom. The molecule has 0 amide bonds. The molecule has 2 heterocycles. The van der Waals surface area contributed by atoms with Crippen molar-refractivity contribution in [2.45, 2.75) is 45.8 Å². The first kappa shape index (κ1) is 14.7. The summed E-state index contributed by atoms with van der Waals surface area (Å²) in [5.41, 5.74) is 0.149. The molecular formula is C14H17BN2O3. The van der Waals surface area contributed by atoms with Crippen LogP contribution in [0.4, 0.5) is 0 Å². The molecule has 0 N–H and O–H groups in total. The van der Waals surface area contributed by atoms with E-state index in [9.17, 15) is 4.79 Å². The van der Waals surface area contributed by atoms with Gasteiger partial charge in [-0.15, -0.1) is 0 Å². The number of Topliss-reactive ketones (excluding diaryl/α,β-unsaturated/α-hetero) is 1. The van der Waals surface area contributed by atoms with Crippen molar-refractivity contribution >= 4 is 18.4 Å². The van der Waals surface area contributed by atoms with Gasteiger partial charge in [0.1, 0.15) is 11.8 Å². The third-order valence-electron chi connectivity index (χ3n) is 3.89. The summed E-state index contributed by atoms with van der Waals surface area (Å²) in [5.74, 6) is -0.234. The summed E-state index contributed by atoms with van der Waals surface area (Å²) in [5, 5.41) is 9.12. The van der Waals surface area contributed by atoms with Gasteiger partial charge >= 0.3 is 7.12 Å². The molecule has 1 saturated heterocycles. The Kier molecular flexibility index (Phi) is 3.45. The fourth-order valence-corrected chi connectivity index (χ4v) is 1.95. The quantitative estimate of drug-likeness (QED) is 0.602. The molecule has 0 radical (unpaired) electrons. The topological polar surface area (TPSA) is 72.2 Å². The van der Waals surface area contributed by atoms with Crippen LogP contribution < -0.4 is 5.46 Å². The fourth-order valence-electron chi connectivity index (χ4n) is 1.95. The highest BCUT2D eigenvalue weighted by Gasteiger charge is 2.51. The Morgan fingerprint density at radius 1 is 1.30 bits per heavy atom. The highest BCUT2D eigenvalue weighted by molar-refractivity contribution is 6.62. The number of carbonyl (C=O) groups excluding carboxylic acids is 1. The number of hydrogen-bond acceptors (Lipinski definition) is 5. The van der Waals surface area contributed by atoms with Crippen LogP contribution in [0.2, 0.25) is 0 Å². The maximum atomic E-state index is 11.4. The van der Waals surface area contributed by atoms with Gasteiger partial charge in [-0.3, -0.25) is 9.78 Å². The first-order valence-corrected chi connectivity index (χ1v) is 6.44. The molecular weight excluding hydrogens is 255 g/mol. The van der Waals surface area contributed by atoms with Crippen LogP contribution in [0.25, 0.3) is 0 Å². The molecule has 1 aromatic heterocycles. The third-order valence-corrected chi connectivity index (χ3v) is 3.89. The van der Waals surface area contributed by atoms with E-state index in [0.29, 0.717) is 5.46 Å². The molecule has 20 heavy (non-hydrogen) atoms. The first-order valence-electron chi connectivity index (χ1n) is 6.44. The van der Waals surface area contributed by atoms with E-state index in [-0.39, 0.29) is 17.0 Å². The third kappa shape index (κ3) is 2.35. The predicted molar refractivity (Wildman–Crippen MR) is 74.7 cm³/mol. The fraction of sp³-hybridized carbons (Fsp3) is 0.500. The summed E-state index contributed by atoms with van der Waals surface area (Å²) >= 11 is 0. The molecule has 0 spiro atoms. The van der Waals surface area contributed by atoms with E-state index < -0.39 is 18.3 Å². The largest absolute Gasteiger partial charge is 0.496 e. The minimum atomic E-state index is -0.583. The summed E-state index contributed by atoms with van der Waals surface area (Å²) in [6.45, 7) is 9.20. The molecule has 2 rings (SSSR count). The van der Waals surface area contributed by atoms with Crippen molar-refractivity contribution in [3.05, 3.63) is 23.5 Å². The zero-order valence-corrected chi connectivity index (χ0v) is 12.4. The molecule has 0 aliphatic carbocycles. The normalized spacial score (nSPS) is 19.7. The molecule has 0 saturated carbocycles. The smallest absolute Gasteiger partial charge is 0.399 e. The Hall–Kier alpha value is -1.71. The van der Waals surface area contributed by atoms with Crippen molar-refractivity contribution in [1.29, 1.82) is 5.26 Å². The van der Waals surface area contributed by atoms with Gasteiger partial charge in [-0.2, -0.15) is 5.26 Å². The van der Waals surface area contributed by atoms with Gasteiger partial charge in [0.15, 0.2) is 5.78 Å². The number of aromatic nitrogens is 1. The van der Waals surface area contributed by atoms with Crippen LogP contribution >= 0.6 is 0 Å². The second kappa shape index (κ2) is 4.69. The summed E-state index contributed by atoms with van der Waals surface area (Å²) in [7, 11) is -0.583. The van der Waals surface area contributed by atoms with Gasteiger partial charge in [0, 0.05) is 18.6 Å². The molecule has 1 aliphatic rings. The average Bonchev–Trinajstić information content (AvgIpc) is 2.57. The van der Waals surface area contributed by atoms with Crippen molar-refractivity contribution in [2.75, 3.05) is 0 Å². The molecule has 1 fully saturated rings. The van der Waals surface area contributed by atoms with Gasteiger partial charge in [0.25, 0.3) is 0 Å². The highest BCUT2D eigenvalue weighted by atomic mass is 16.7. The van der Waals surface area contributed by atoms with E-state index >= 15 is 0 Å². The summed E-state index contributed by atoms with van der Waals surface area (Å²) in [4.78, 5) is 15.4. The van der Waals surface area contributed by atoms with Crippen molar-refractivity contribution in [3.8, 4) is 6.07 Å². The van der Waals surface area contributed by atoms with E-state index in [4.69, 9.17) is 14.6 Å². The van der Waals surface area contributed by atoms with Crippen LogP contribution in [-0.2, 0) is 9.31 Å². The Bertz CT molecular complexity index is 589. The second-order valence-corrected chi connectivity index (χ2v) is 5.92. The van der Waals surface area contributed by atoms with Gasteiger partial charge in [-0.1, -0.05) is 0 Å². The second-order valence-electron chi connectivity index (χ2n) is 5.92. The lowest BCUT2D eigenvalue weighted by atomic mass is 9.79. The zero-order chi connectivity index (χ0) is 15.1. The van der Waals surface area contributed by atoms with Gasteiger partial charge in [0.2, 0.25) is 0 Å².